The van der Waals surface area contributed by atoms with Gasteiger partial charge in [-0.25, -0.2) is 4.39 Å². The summed E-state index contributed by atoms with van der Waals surface area (Å²) in [6, 6.07) is 16.7. The molecule has 0 atom stereocenters. The molecule has 1 aliphatic rings. The number of halogens is 2. The molecule has 1 aliphatic heterocycles. The first kappa shape index (κ1) is 23.5. The van der Waals surface area contributed by atoms with E-state index < -0.39 is 5.82 Å². The van der Waals surface area contributed by atoms with Crippen LogP contribution in [0.3, 0.4) is 0 Å². The van der Waals surface area contributed by atoms with Gasteiger partial charge in [0.2, 0.25) is 5.78 Å². The van der Waals surface area contributed by atoms with Crippen LogP contribution >= 0.6 is 11.3 Å². The molecule has 7 heteroatoms. The maximum absolute atomic E-state index is 13.6. The summed E-state index contributed by atoms with van der Waals surface area (Å²) in [6.45, 7) is 3.99. The Kier molecular flexibility index (Phi) is 6.54. The zero-order valence-electron chi connectivity index (χ0n) is 19.3. The minimum atomic E-state index is -0.395. The first-order valence-corrected chi connectivity index (χ1v) is 12.3. The van der Waals surface area contributed by atoms with Gasteiger partial charge in [-0.3, -0.25) is 9.18 Å². The van der Waals surface area contributed by atoms with E-state index in [9.17, 15) is 18.7 Å². The van der Waals surface area contributed by atoms with E-state index >= 15 is 0 Å². The molecule has 5 rings (SSSR count). The second kappa shape index (κ2) is 9.76. The van der Waals surface area contributed by atoms with Crippen LogP contribution in [0.25, 0.3) is 10.1 Å². The van der Waals surface area contributed by atoms with Crippen LogP contribution in [0.15, 0.2) is 60.7 Å². The van der Waals surface area contributed by atoms with E-state index in [0.717, 1.165) is 41.7 Å². The summed E-state index contributed by atoms with van der Waals surface area (Å²) in [7, 11) is 0. The van der Waals surface area contributed by atoms with E-state index in [-0.39, 0.29) is 24.1 Å². The Morgan fingerprint density at radius 1 is 1.11 bits per heavy atom. The van der Waals surface area contributed by atoms with Crippen LogP contribution < -0.4 is 4.74 Å². The maximum atomic E-state index is 13.6. The smallest absolute Gasteiger partial charge is 0.207 e. The molecule has 1 N–H and O–H groups in total. The average Bonchev–Trinajstić information content (AvgIpc) is 3.16. The van der Waals surface area contributed by atoms with Crippen LogP contribution in [0.2, 0.25) is 0 Å². The van der Waals surface area contributed by atoms with Crippen LogP contribution in [0, 0.1) is 18.7 Å². The van der Waals surface area contributed by atoms with Gasteiger partial charge in [0.15, 0.2) is 5.75 Å². The molecular weight excluding hydrogens is 468 g/mol. The molecule has 1 aromatic heterocycles. The summed E-state index contributed by atoms with van der Waals surface area (Å²) in [4.78, 5) is 16.1. The number of phenolic OH excluding ortho intramolecular Hbond substituents is 1. The third-order valence-corrected chi connectivity index (χ3v) is 7.51. The largest absolute Gasteiger partial charge is 0.508 e. The number of hydrogen-bond donors (Lipinski definition) is 1. The molecule has 1 fully saturated rings. The number of benzene rings is 3. The zero-order valence-corrected chi connectivity index (χ0v) is 20.1. The number of rotatable bonds is 8. The number of ketones is 1. The van der Waals surface area contributed by atoms with E-state index in [1.165, 1.54) is 29.5 Å². The third-order valence-electron chi connectivity index (χ3n) is 6.38. The van der Waals surface area contributed by atoms with E-state index in [1.54, 1.807) is 25.1 Å². The van der Waals surface area contributed by atoms with Crippen molar-refractivity contribution in [3.63, 3.8) is 0 Å². The highest BCUT2D eigenvalue weighted by molar-refractivity contribution is 7.21. The monoisotopic (exact) mass is 493 g/mol. The number of hydrogen-bond acceptors (Lipinski definition) is 5. The first-order valence-electron chi connectivity index (χ1n) is 11.5. The summed E-state index contributed by atoms with van der Waals surface area (Å²) in [6.07, 6.45) is 0.869. The van der Waals surface area contributed by atoms with Gasteiger partial charge >= 0.3 is 0 Å². The van der Waals surface area contributed by atoms with Gasteiger partial charge in [0.05, 0.1) is 6.67 Å². The van der Waals surface area contributed by atoms with Gasteiger partial charge in [-0.15, -0.1) is 11.3 Å². The molecule has 4 aromatic rings. The molecule has 0 bridgehead atoms. The summed E-state index contributed by atoms with van der Waals surface area (Å²) in [5.41, 5.74) is 2.10. The Morgan fingerprint density at radius 2 is 1.89 bits per heavy atom. The number of aromatic hydroxyl groups is 1. The number of aryl methyl sites for hydroxylation is 1. The van der Waals surface area contributed by atoms with E-state index in [1.807, 2.05) is 24.3 Å². The fourth-order valence-corrected chi connectivity index (χ4v) is 5.52. The number of phenols is 1. The van der Waals surface area contributed by atoms with Crippen molar-refractivity contribution in [1.82, 2.24) is 4.90 Å². The molecule has 0 radical (unpaired) electrons. The Morgan fingerprint density at radius 3 is 2.60 bits per heavy atom. The standard InChI is InChI=1S/C28H25F2NO3S/c1-17-12-20(30)4-8-23(17)26(33)28-27(24-9-5-21(32)13-25(24)35-28)34-22-6-2-18(3-7-22)10-11-31-15-19(14-29)16-31/h2-9,12-13,19,32H,10-11,14-16H2,1H3. The molecule has 35 heavy (non-hydrogen) atoms. The van der Waals surface area contributed by atoms with Crippen molar-refractivity contribution in [2.75, 3.05) is 26.3 Å². The lowest BCUT2D eigenvalue weighted by atomic mass is 10.0. The minimum absolute atomic E-state index is 0.103. The summed E-state index contributed by atoms with van der Waals surface area (Å²) in [5, 5.41) is 10.7. The SMILES string of the molecule is Cc1cc(F)ccc1C(=O)c1sc2cc(O)ccc2c1Oc1ccc(CCN2CC(CF)C2)cc1. The van der Waals surface area contributed by atoms with Crippen molar-refractivity contribution in [2.45, 2.75) is 13.3 Å². The number of thiophene rings is 1. The van der Waals surface area contributed by atoms with Crippen LogP contribution in [0.5, 0.6) is 17.2 Å². The number of nitrogens with zero attached hydrogens (tertiary/aromatic N) is 1. The highest BCUT2D eigenvalue weighted by Crippen LogP contribution is 2.43. The Balaban J connectivity index is 1.40. The van der Waals surface area contributed by atoms with Gasteiger partial charge in [0.1, 0.15) is 22.2 Å². The number of carbonyl (C=O) groups is 1. The normalized spacial score (nSPS) is 14.3. The highest BCUT2D eigenvalue weighted by atomic mass is 32.1. The zero-order chi connectivity index (χ0) is 24.5. The molecule has 0 unspecified atom stereocenters. The lowest BCUT2D eigenvalue weighted by molar-refractivity contribution is 0.0824. The van der Waals surface area contributed by atoms with Crippen molar-refractivity contribution in [2.24, 2.45) is 5.92 Å². The Hall–Kier alpha value is -3.29. The molecular formula is C28H25F2NO3S. The molecule has 1 saturated heterocycles. The highest BCUT2D eigenvalue weighted by Gasteiger charge is 2.26. The van der Waals surface area contributed by atoms with Crippen molar-refractivity contribution in [3.05, 3.63) is 88.0 Å². The molecule has 180 valence electrons. The second-order valence-electron chi connectivity index (χ2n) is 9.01. The maximum Gasteiger partial charge on any atom is 0.207 e. The predicted molar refractivity (Wildman–Crippen MR) is 134 cm³/mol. The number of alkyl halides is 1. The number of likely N-dealkylation sites (tertiary alicyclic amines) is 1. The van der Waals surface area contributed by atoms with Crippen LogP contribution in [-0.4, -0.2) is 42.1 Å². The third kappa shape index (κ3) is 4.92. The number of carbonyl (C=O) groups excluding carboxylic acids is 1. The molecule has 4 nitrogen and oxygen atoms in total. The molecule has 0 amide bonds. The van der Waals surface area contributed by atoms with Crippen molar-refractivity contribution in [1.29, 1.82) is 0 Å². The Labute approximate surface area is 206 Å². The number of ether oxygens (including phenoxy) is 1. The van der Waals surface area contributed by atoms with Gasteiger partial charge in [0, 0.05) is 41.2 Å². The second-order valence-corrected chi connectivity index (χ2v) is 10.1. The lowest BCUT2D eigenvalue weighted by Gasteiger charge is -2.37. The van der Waals surface area contributed by atoms with E-state index in [0.29, 0.717) is 27.5 Å². The Bertz CT molecular complexity index is 1380. The van der Waals surface area contributed by atoms with Gasteiger partial charge in [0.25, 0.3) is 0 Å². The minimum Gasteiger partial charge on any atom is -0.508 e. The van der Waals surface area contributed by atoms with Gasteiger partial charge in [-0.2, -0.15) is 0 Å². The fraction of sp³-hybridized carbons (Fsp3) is 0.250. The lowest BCUT2D eigenvalue weighted by Crippen LogP contribution is -2.48. The molecule has 0 spiro atoms. The van der Waals surface area contributed by atoms with Gasteiger partial charge in [-0.05, 0) is 73.0 Å². The summed E-state index contributed by atoms with van der Waals surface area (Å²) in [5.74, 6) is 0.650. The quantitative estimate of drug-likeness (QED) is 0.284. The molecule has 3 aromatic carbocycles. The van der Waals surface area contributed by atoms with Gasteiger partial charge in [-0.1, -0.05) is 12.1 Å². The van der Waals surface area contributed by atoms with Crippen LogP contribution in [0.4, 0.5) is 8.78 Å². The van der Waals surface area contributed by atoms with Crippen molar-refractivity contribution < 1.29 is 23.4 Å². The van der Waals surface area contributed by atoms with Crippen LogP contribution in [-0.2, 0) is 6.42 Å². The first-order chi connectivity index (χ1) is 16.9. The average molecular weight is 494 g/mol. The topological polar surface area (TPSA) is 49.8 Å². The number of fused-ring (bicyclic) bond motifs is 1. The van der Waals surface area contributed by atoms with Gasteiger partial charge < -0.3 is 14.7 Å². The summed E-state index contributed by atoms with van der Waals surface area (Å²) >= 11 is 1.24. The molecule has 0 saturated carbocycles. The van der Waals surface area contributed by atoms with Crippen molar-refractivity contribution >= 4 is 27.2 Å². The van der Waals surface area contributed by atoms with Crippen LogP contribution in [0.1, 0.15) is 26.4 Å². The predicted octanol–water partition coefficient (Wildman–Crippen LogP) is 6.52. The van der Waals surface area contributed by atoms with E-state index in [4.69, 9.17) is 4.74 Å². The molecule has 2 heterocycles. The fourth-order valence-electron chi connectivity index (χ4n) is 4.40. The van der Waals surface area contributed by atoms with E-state index in [2.05, 4.69) is 4.90 Å². The molecule has 0 aliphatic carbocycles. The van der Waals surface area contributed by atoms with Crippen molar-refractivity contribution in [3.8, 4) is 17.2 Å². The summed E-state index contributed by atoms with van der Waals surface area (Å²) < 4.78 is 33.2.